The van der Waals surface area contributed by atoms with Crippen LogP contribution in [0.2, 0.25) is 0 Å². The number of aromatic nitrogens is 2. The van der Waals surface area contributed by atoms with Crippen LogP contribution in [-0.2, 0) is 6.54 Å². The summed E-state index contributed by atoms with van der Waals surface area (Å²) in [5, 5.41) is 11.6. The standard InChI is InChI=1S/C20H22N4S/c1-15-13-19(23-24(15)14-17-9-5-3-6-10-17)22-20(25)21-16(2)18-11-7-4-8-12-18/h3-13,16H,14H2,1-2H3,(H2,21,22,23,25). The van der Waals surface area contributed by atoms with Gasteiger partial charge in [0.25, 0.3) is 0 Å². The molecule has 0 fully saturated rings. The first-order valence-corrected chi connectivity index (χ1v) is 8.73. The van der Waals surface area contributed by atoms with Crippen molar-refractivity contribution in [1.82, 2.24) is 15.1 Å². The van der Waals surface area contributed by atoms with Gasteiger partial charge in [-0.1, -0.05) is 60.7 Å². The minimum atomic E-state index is 0.133. The van der Waals surface area contributed by atoms with E-state index in [1.165, 1.54) is 11.1 Å². The van der Waals surface area contributed by atoms with Gasteiger partial charge < -0.3 is 10.6 Å². The van der Waals surface area contributed by atoms with Gasteiger partial charge in [0, 0.05) is 11.8 Å². The Bertz CT molecular complexity index is 827. The van der Waals surface area contributed by atoms with Crippen molar-refractivity contribution in [2.75, 3.05) is 5.32 Å². The summed E-state index contributed by atoms with van der Waals surface area (Å²) in [5.41, 5.74) is 3.50. The molecule has 2 N–H and O–H groups in total. The van der Waals surface area contributed by atoms with Gasteiger partial charge in [-0.15, -0.1) is 0 Å². The highest BCUT2D eigenvalue weighted by molar-refractivity contribution is 7.80. The Hall–Kier alpha value is -2.66. The van der Waals surface area contributed by atoms with E-state index in [9.17, 15) is 0 Å². The summed E-state index contributed by atoms with van der Waals surface area (Å²) in [5.74, 6) is 0.756. The van der Waals surface area contributed by atoms with Crippen LogP contribution in [0.1, 0.15) is 29.8 Å². The smallest absolute Gasteiger partial charge is 0.172 e. The first-order valence-electron chi connectivity index (χ1n) is 8.32. The van der Waals surface area contributed by atoms with E-state index in [1.54, 1.807) is 0 Å². The van der Waals surface area contributed by atoms with Crippen molar-refractivity contribution in [3.8, 4) is 0 Å². The molecule has 0 spiro atoms. The van der Waals surface area contributed by atoms with Crippen molar-refractivity contribution in [2.45, 2.75) is 26.4 Å². The maximum Gasteiger partial charge on any atom is 0.172 e. The van der Waals surface area contributed by atoms with Crippen molar-refractivity contribution in [1.29, 1.82) is 0 Å². The van der Waals surface area contributed by atoms with Crippen molar-refractivity contribution in [3.05, 3.63) is 83.6 Å². The molecule has 1 atom stereocenters. The van der Waals surface area contributed by atoms with E-state index < -0.39 is 0 Å². The van der Waals surface area contributed by atoms with Crippen molar-refractivity contribution >= 4 is 23.1 Å². The molecule has 0 aliphatic carbocycles. The van der Waals surface area contributed by atoms with Crippen molar-refractivity contribution in [2.24, 2.45) is 0 Å². The molecule has 0 bridgehead atoms. The van der Waals surface area contributed by atoms with Crippen LogP contribution in [0.15, 0.2) is 66.7 Å². The Morgan fingerprint density at radius 1 is 1.08 bits per heavy atom. The fourth-order valence-corrected chi connectivity index (χ4v) is 2.94. The van der Waals surface area contributed by atoms with Crippen LogP contribution < -0.4 is 10.6 Å². The second-order valence-electron chi connectivity index (χ2n) is 6.05. The highest BCUT2D eigenvalue weighted by Gasteiger charge is 2.09. The van der Waals surface area contributed by atoms with Gasteiger partial charge in [-0.25, -0.2) is 0 Å². The first-order chi connectivity index (χ1) is 12.1. The molecule has 4 nitrogen and oxygen atoms in total. The molecule has 0 radical (unpaired) electrons. The molecule has 0 amide bonds. The van der Waals surface area contributed by atoms with Gasteiger partial charge in [0.15, 0.2) is 10.9 Å². The number of thiocarbonyl (C=S) groups is 1. The molecule has 25 heavy (non-hydrogen) atoms. The van der Waals surface area contributed by atoms with Crippen molar-refractivity contribution < 1.29 is 0 Å². The topological polar surface area (TPSA) is 41.9 Å². The first kappa shape index (κ1) is 17.2. The number of anilines is 1. The van der Waals surface area contributed by atoms with Gasteiger partial charge in [-0.3, -0.25) is 4.68 Å². The van der Waals surface area contributed by atoms with E-state index in [1.807, 2.05) is 54.1 Å². The number of nitrogens with one attached hydrogen (secondary N) is 2. The molecule has 0 saturated carbocycles. The zero-order chi connectivity index (χ0) is 17.6. The Balaban J connectivity index is 1.61. The SMILES string of the molecule is Cc1cc(NC(=S)NC(C)c2ccccc2)nn1Cc1ccccc1. The summed E-state index contributed by atoms with van der Waals surface area (Å²) in [6.07, 6.45) is 0. The van der Waals surface area contributed by atoms with Crippen LogP contribution in [0.5, 0.6) is 0 Å². The maximum absolute atomic E-state index is 5.42. The molecular weight excluding hydrogens is 328 g/mol. The number of hydrogen-bond acceptors (Lipinski definition) is 2. The molecule has 0 saturated heterocycles. The van der Waals surface area contributed by atoms with Crippen LogP contribution >= 0.6 is 12.2 Å². The van der Waals surface area contributed by atoms with Crippen LogP contribution in [0.3, 0.4) is 0 Å². The van der Waals surface area contributed by atoms with Crippen molar-refractivity contribution in [3.63, 3.8) is 0 Å². The Labute approximate surface area is 153 Å². The van der Waals surface area contributed by atoms with Crippen LogP contribution in [0.4, 0.5) is 5.82 Å². The third-order valence-electron chi connectivity index (χ3n) is 4.05. The molecule has 1 unspecified atom stereocenters. The maximum atomic E-state index is 5.42. The monoisotopic (exact) mass is 350 g/mol. The van der Waals surface area contributed by atoms with Gasteiger partial charge in [-0.05, 0) is 37.2 Å². The van der Waals surface area contributed by atoms with Crippen LogP contribution in [-0.4, -0.2) is 14.9 Å². The lowest BCUT2D eigenvalue weighted by atomic mass is 10.1. The van der Waals surface area contributed by atoms with E-state index in [2.05, 4.69) is 46.9 Å². The molecule has 0 aliphatic rings. The summed E-state index contributed by atoms with van der Waals surface area (Å²) in [6, 6.07) is 22.7. The summed E-state index contributed by atoms with van der Waals surface area (Å²) >= 11 is 5.42. The van der Waals surface area contributed by atoms with Gasteiger partial charge in [0.1, 0.15) is 0 Å². The predicted molar refractivity (Wildman–Crippen MR) is 107 cm³/mol. The second kappa shape index (κ2) is 7.94. The molecule has 128 valence electrons. The third-order valence-corrected chi connectivity index (χ3v) is 4.27. The minimum absolute atomic E-state index is 0.133. The van der Waals surface area contributed by atoms with Gasteiger partial charge in [0.05, 0.1) is 12.6 Å². The summed E-state index contributed by atoms with van der Waals surface area (Å²) < 4.78 is 1.97. The largest absolute Gasteiger partial charge is 0.356 e. The van der Waals surface area contributed by atoms with E-state index >= 15 is 0 Å². The zero-order valence-electron chi connectivity index (χ0n) is 14.4. The number of rotatable bonds is 5. The zero-order valence-corrected chi connectivity index (χ0v) is 15.3. The number of hydrogen-bond donors (Lipinski definition) is 2. The Kier molecular flexibility index (Phi) is 5.46. The number of benzene rings is 2. The summed E-state index contributed by atoms with van der Waals surface area (Å²) in [7, 11) is 0. The van der Waals surface area contributed by atoms with Crippen LogP contribution in [0, 0.1) is 6.92 Å². The normalized spacial score (nSPS) is 11.8. The molecule has 3 rings (SSSR count). The molecule has 3 aromatic rings. The summed E-state index contributed by atoms with van der Waals surface area (Å²) in [4.78, 5) is 0. The molecule has 1 heterocycles. The average Bonchev–Trinajstić information content (AvgIpc) is 2.95. The molecule has 1 aromatic heterocycles. The lowest BCUT2D eigenvalue weighted by molar-refractivity contribution is 0.667. The quantitative estimate of drug-likeness (QED) is 0.674. The van der Waals surface area contributed by atoms with E-state index in [-0.39, 0.29) is 6.04 Å². The van der Waals surface area contributed by atoms with E-state index in [0.717, 1.165) is 18.1 Å². The lowest BCUT2D eigenvalue weighted by Crippen LogP contribution is -2.31. The minimum Gasteiger partial charge on any atom is -0.356 e. The lowest BCUT2D eigenvalue weighted by Gasteiger charge is -2.16. The van der Waals surface area contributed by atoms with Crippen LogP contribution in [0.25, 0.3) is 0 Å². The van der Waals surface area contributed by atoms with E-state index in [0.29, 0.717) is 5.11 Å². The molecular formula is C20H22N4S. The predicted octanol–water partition coefficient (Wildman–Crippen LogP) is 4.29. The molecule has 5 heteroatoms. The highest BCUT2D eigenvalue weighted by atomic mass is 32.1. The van der Waals surface area contributed by atoms with Gasteiger partial charge in [0.2, 0.25) is 0 Å². The fraction of sp³-hybridized carbons (Fsp3) is 0.200. The molecule has 2 aromatic carbocycles. The van der Waals surface area contributed by atoms with E-state index in [4.69, 9.17) is 12.2 Å². The highest BCUT2D eigenvalue weighted by Crippen LogP contribution is 2.13. The number of nitrogens with zero attached hydrogens (tertiary/aromatic N) is 2. The van der Waals surface area contributed by atoms with Gasteiger partial charge in [-0.2, -0.15) is 5.10 Å². The average molecular weight is 350 g/mol. The molecule has 0 aliphatic heterocycles. The Morgan fingerprint density at radius 3 is 2.40 bits per heavy atom. The Morgan fingerprint density at radius 2 is 1.72 bits per heavy atom. The third kappa shape index (κ3) is 4.67. The van der Waals surface area contributed by atoms with Gasteiger partial charge >= 0.3 is 0 Å². The summed E-state index contributed by atoms with van der Waals surface area (Å²) in [6.45, 7) is 4.88. The second-order valence-corrected chi connectivity index (χ2v) is 6.45. The number of aryl methyl sites for hydroxylation is 1. The fourth-order valence-electron chi connectivity index (χ4n) is 2.66.